The summed E-state index contributed by atoms with van der Waals surface area (Å²) < 4.78 is 20.5. The van der Waals surface area contributed by atoms with E-state index >= 15 is 0 Å². The highest BCUT2D eigenvalue weighted by Gasteiger charge is 2.20. The first-order valence-corrected chi connectivity index (χ1v) is 9.97. The fourth-order valence-corrected chi connectivity index (χ4v) is 4.22. The molecule has 0 fully saturated rings. The fraction of sp³-hybridized carbons (Fsp3) is 0.136. The lowest BCUT2D eigenvalue weighted by Gasteiger charge is -2.07. The van der Waals surface area contributed by atoms with Crippen LogP contribution in [0.3, 0.4) is 0 Å². The van der Waals surface area contributed by atoms with E-state index in [9.17, 15) is 14.0 Å². The molecule has 4 rings (SSSR count). The Kier molecular flexibility index (Phi) is 5.33. The largest absolute Gasteiger partial charge is 0.497 e. The third kappa shape index (κ3) is 3.69. The van der Waals surface area contributed by atoms with Gasteiger partial charge in [0.25, 0.3) is 11.5 Å². The fourth-order valence-electron chi connectivity index (χ4n) is 3.19. The van der Waals surface area contributed by atoms with Crippen LogP contribution in [0.4, 0.5) is 10.1 Å². The topological polar surface area (TPSA) is 73.2 Å². The summed E-state index contributed by atoms with van der Waals surface area (Å²) in [4.78, 5) is 31.0. The zero-order valence-corrected chi connectivity index (χ0v) is 17.1. The average Bonchev–Trinajstić information content (AvgIpc) is 3.09. The number of aryl methyl sites for hydroxylation is 1. The number of fused-ring (bicyclic) bond motifs is 1. The Morgan fingerprint density at radius 2 is 2.03 bits per heavy atom. The predicted octanol–water partition coefficient (Wildman–Crippen LogP) is 4.21. The van der Waals surface area contributed by atoms with E-state index in [-0.39, 0.29) is 23.8 Å². The first-order valence-electron chi connectivity index (χ1n) is 9.15. The van der Waals surface area contributed by atoms with E-state index in [0.29, 0.717) is 37.7 Å². The van der Waals surface area contributed by atoms with Crippen LogP contribution in [0.2, 0.25) is 0 Å². The average molecular weight is 423 g/mol. The summed E-state index contributed by atoms with van der Waals surface area (Å²) in [6, 6.07) is 13.3. The number of halogens is 1. The molecular formula is C22H18FN3O3S. The van der Waals surface area contributed by atoms with Crippen molar-refractivity contribution in [2.24, 2.45) is 0 Å². The minimum atomic E-state index is -0.384. The number of aromatic nitrogens is 2. The molecule has 2 aromatic heterocycles. The predicted molar refractivity (Wildman–Crippen MR) is 115 cm³/mol. The molecule has 0 atom stereocenters. The summed E-state index contributed by atoms with van der Waals surface area (Å²) in [6.45, 7) is 1.78. The Morgan fingerprint density at radius 1 is 1.23 bits per heavy atom. The first-order chi connectivity index (χ1) is 14.5. The van der Waals surface area contributed by atoms with Crippen molar-refractivity contribution in [1.82, 2.24) is 9.55 Å². The van der Waals surface area contributed by atoms with E-state index < -0.39 is 0 Å². The van der Waals surface area contributed by atoms with Gasteiger partial charge in [0, 0.05) is 17.3 Å². The number of nitrogens with one attached hydrogen (secondary N) is 1. The molecule has 0 saturated carbocycles. The third-order valence-corrected chi connectivity index (χ3v) is 5.95. The van der Waals surface area contributed by atoms with E-state index in [1.54, 1.807) is 56.5 Å². The van der Waals surface area contributed by atoms with Gasteiger partial charge in [-0.1, -0.05) is 24.3 Å². The van der Waals surface area contributed by atoms with Gasteiger partial charge in [-0.05, 0) is 30.7 Å². The van der Waals surface area contributed by atoms with Gasteiger partial charge in [0.05, 0.1) is 30.2 Å². The van der Waals surface area contributed by atoms with Gasteiger partial charge >= 0.3 is 0 Å². The van der Waals surface area contributed by atoms with E-state index in [1.807, 2.05) is 0 Å². The highest BCUT2D eigenvalue weighted by Crippen LogP contribution is 2.28. The Bertz CT molecular complexity index is 1310. The van der Waals surface area contributed by atoms with Gasteiger partial charge in [-0.2, -0.15) is 0 Å². The van der Waals surface area contributed by atoms with E-state index in [2.05, 4.69) is 10.3 Å². The normalized spacial score (nSPS) is 10.9. The van der Waals surface area contributed by atoms with E-state index in [1.165, 1.54) is 17.0 Å². The molecule has 2 aromatic carbocycles. The van der Waals surface area contributed by atoms with Crippen LogP contribution in [0.15, 0.2) is 59.7 Å². The van der Waals surface area contributed by atoms with Crippen molar-refractivity contribution in [3.05, 3.63) is 87.0 Å². The van der Waals surface area contributed by atoms with E-state index in [4.69, 9.17) is 4.74 Å². The SMILES string of the molecule is COc1cccc(NC(=O)c2sc3ncn(Cc4ccccc4F)c(=O)c3c2C)c1. The van der Waals surface area contributed by atoms with Gasteiger partial charge in [0.15, 0.2) is 0 Å². The number of benzene rings is 2. The van der Waals surface area contributed by atoms with Gasteiger partial charge in [-0.3, -0.25) is 14.2 Å². The molecule has 2 heterocycles. The number of carbonyl (C=O) groups is 1. The highest BCUT2D eigenvalue weighted by molar-refractivity contribution is 7.20. The van der Waals surface area contributed by atoms with Crippen LogP contribution in [0, 0.1) is 12.7 Å². The standard InChI is InChI=1S/C22H18FN3O3S/c1-13-18-21(24-12-26(22(18)28)11-14-6-3-4-9-17(14)23)30-19(13)20(27)25-15-7-5-8-16(10-15)29-2/h3-10,12H,11H2,1-2H3,(H,25,27). The van der Waals surface area contributed by atoms with Crippen LogP contribution in [0.25, 0.3) is 10.2 Å². The van der Waals surface area contributed by atoms with Crippen LogP contribution in [-0.4, -0.2) is 22.6 Å². The Balaban J connectivity index is 1.68. The molecule has 0 aliphatic rings. The highest BCUT2D eigenvalue weighted by atomic mass is 32.1. The lowest BCUT2D eigenvalue weighted by Crippen LogP contribution is -2.21. The molecule has 0 spiro atoms. The van der Waals surface area contributed by atoms with Crippen LogP contribution in [0.5, 0.6) is 5.75 Å². The molecule has 8 heteroatoms. The summed E-state index contributed by atoms with van der Waals surface area (Å²) in [5.41, 5.74) is 1.22. The molecule has 0 unspecified atom stereocenters. The van der Waals surface area contributed by atoms with Crippen molar-refractivity contribution in [3.63, 3.8) is 0 Å². The molecule has 4 aromatic rings. The number of carbonyl (C=O) groups excluding carboxylic acids is 1. The van der Waals surface area contributed by atoms with E-state index in [0.717, 1.165) is 11.3 Å². The summed E-state index contributed by atoms with van der Waals surface area (Å²) in [5.74, 6) is -0.0905. The lowest BCUT2D eigenvalue weighted by molar-refractivity contribution is 0.103. The van der Waals surface area contributed by atoms with Gasteiger partial charge in [-0.25, -0.2) is 9.37 Å². The second-order valence-corrected chi connectivity index (χ2v) is 7.69. The summed E-state index contributed by atoms with van der Waals surface area (Å²) in [5, 5.41) is 3.19. The second kappa shape index (κ2) is 8.08. The summed E-state index contributed by atoms with van der Waals surface area (Å²) in [7, 11) is 1.55. The molecule has 0 aliphatic carbocycles. The van der Waals surface area contributed by atoms with Crippen LogP contribution in [0.1, 0.15) is 20.8 Å². The van der Waals surface area contributed by atoms with Crippen LogP contribution < -0.4 is 15.6 Å². The van der Waals surface area contributed by atoms with Gasteiger partial charge in [0.2, 0.25) is 0 Å². The van der Waals surface area contributed by atoms with Gasteiger partial charge in [0.1, 0.15) is 16.4 Å². The number of anilines is 1. The van der Waals surface area contributed by atoms with Gasteiger partial charge in [-0.15, -0.1) is 11.3 Å². The number of rotatable bonds is 5. The second-order valence-electron chi connectivity index (χ2n) is 6.69. The molecule has 0 radical (unpaired) electrons. The molecule has 6 nitrogen and oxygen atoms in total. The summed E-state index contributed by atoms with van der Waals surface area (Å²) >= 11 is 1.15. The number of ether oxygens (including phenoxy) is 1. The minimum absolute atomic E-state index is 0.0646. The monoisotopic (exact) mass is 423 g/mol. The van der Waals surface area contributed by atoms with Crippen LogP contribution in [-0.2, 0) is 6.54 Å². The molecule has 1 N–H and O–H groups in total. The molecule has 152 valence electrons. The zero-order chi connectivity index (χ0) is 21.3. The Labute approximate surface area is 175 Å². The van der Waals surface area contributed by atoms with Crippen molar-refractivity contribution in [2.75, 3.05) is 12.4 Å². The quantitative estimate of drug-likeness (QED) is 0.522. The molecule has 1 amide bonds. The maximum atomic E-state index is 14.0. The van der Waals surface area contributed by atoms with Crippen LogP contribution >= 0.6 is 11.3 Å². The smallest absolute Gasteiger partial charge is 0.266 e. The Hall–Kier alpha value is -3.52. The number of hydrogen-bond donors (Lipinski definition) is 1. The number of methoxy groups -OCH3 is 1. The molecule has 0 bridgehead atoms. The van der Waals surface area contributed by atoms with Crippen molar-refractivity contribution in [2.45, 2.75) is 13.5 Å². The van der Waals surface area contributed by atoms with Crippen molar-refractivity contribution < 1.29 is 13.9 Å². The maximum absolute atomic E-state index is 14.0. The number of amides is 1. The molecule has 0 aliphatic heterocycles. The number of nitrogens with zero attached hydrogens (tertiary/aromatic N) is 2. The van der Waals surface area contributed by atoms with Crippen molar-refractivity contribution >= 4 is 33.1 Å². The minimum Gasteiger partial charge on any atom is -0.497 e. The number of hydrogen-bond acceptors (Lipinski definition) is 5. The molecule has 30 heavy (non-hydrogen) atoms. The molecular weight excluding hydrogens is 405 g/mol. The number of thiophene rings is 1. The molecule has 0 saturated heterocycles. The Morgan fingerprint density at radius 3 is 2.80 bits per heavy atom. The van der Waals surface area contributed by atoms with Crippen molar-refractivity contribution in [1.29, 1.82) is 0 Å². The van der Waals surface area contributed by atoms with Gasteiger partial charge < -0.3 is 10.1 Å². The maximum Gasteiger partial charge on any atom is 0.266 e. The zero-order valence-electron chi connectivity index (χ0n) is 16.3. The van der Waals surface area contributed by atoms with Crippen molar-refractivity contribution in [3.8, 4) is 5.75 Å². The first kappa shape index (κ1) is 19.8. The summed E-state index contributed by atoms with van der Waals surface area (Å²) in [6.07, 6.45) is 1.39. The lowest BCUT2D eigenvalue weighted by atomic mass is 10.2. The third-order valence-electron chi connectivity index (χ3n) is 4.75.